The summed E-state index contributed by atoms with van der Waals surface area (Å²) in [4.78, 5) is 11.5. The monoisotopic (exact) mass is 341 g/mol. The second-order valence-electron chi connectivity index (χ2n) is 7.58. The van der Waals surface area contributed by atoms with Gasteiger partial charge in [-0.05, 0) is 45.1 Å². The SMILES string of the molecule is Cc1cc(C)n(-c2cncc(N3C[C@H](O)C[C@@H]3C3CCCCC3)n2)n1. The second-order valence-corrected chi connectivity index (χ2v) is 7.58. The van der Waals surface area contributed by atoms with Gasteiger partial charge in [0.25, 0.3) is 0 Å². The van der Waals surface area contributed by atoms with Crippen LogP contribution in [-0.4, -0.2) is 43.5 Å². The van der Waals surface area contributed by atoms with Crippen molar-refractivity contribution in [3.05, 3.63) is 29.8 Å². The summed E-state index contributed by atoms with van der Waals surface area (Å²) in [5.74, 6) is 2.26. The number of nitrogens with zero attached hydrogens (tertiary/aromatic N) is 5. The van der Waals surface area contributed by atoms with Crippen molar-refractivity contribution in [2.24, 2.45) is 5.92 Å². The smallest absolute Gasteiger partial charge is 0.174 e. The zero-order chi connectivity index (χ0) is 17.4. The normalized spacial score (nSPS) is 24.8. The largest absolute Gasteiger partial charge is 0.391 e. The fraction of sp³-hybridized carbons (Fsp3) is 0.632. The molecule has 2 atom stereocenters. The van der Waals surface area contributed by atoms with Crippen molar-refractivity contribution in [1.82, 2.24) is 19.7 Å². The summed E-state index contributed by atoms with van der Waals surface area (Å²) in [5, 5.41) is 14.8. The molecule has 1 saturated carbocycles. The summed E-state index contributed by atoms with van der Waals surface area (Å²) in [6.45, 7) is 4.66. The van der Waals surface area contributed by atoms with Crippen molar-refractivity contribution in [1.29, 1.82) is 0 Å². The lowest BCUT2D eigenvalue weighted by atomic mass is 9.83. The lowest BCUT2D eigenvalue weighted by molar-refractivity contribution is 0.185. The standard InChI is InChI=1S/C19H27N5O/c1-13-8-14(2)24(22-13)19-11-20-10-18(21-19)23-12-16(25)9-17(23)15-6-4-3-5-7-15/h8,10-11,15-17,25H,3-7,9,12H2,1-2H3/t16-,17-/m1/s1. The van der Waals surface area contributed by atoms with E-state index in [4.69, 9.17) is 4.98 Å². The lowest BCUT2D eigenvalue weighted by Crippen LogP contribution is -2.37. The van der Waals surface area contributed by atoms with Crippen molar-refractivity contribution in [3.63, 3.8) is 0 Å². The first-order valence-corrected chi connectivity index (χ1v) is 9.42. The zero-order valence-electron chi connectivity index (χ0n) is 15.1. The van der Waals surface area contributed by atoms with Crippen LogP contribution >= 0.6 is 0 Å². The van der Waals surface area contributed by atoms with E-state index in [1.807, 2.05) is 30.8 Å². The van der Waals surface area contributed by atoms with E-state index in [1.54, 1.807) is 6.20 Å². The van der Waals surface area contributed by atoms with Crippen LogP contribution in [0.3, 0.4) is 0 Å². The first kappa shape index (κ1) is 16.5. The number of hydrogen-bond acceptors (Lipinski definition) is 5. The summed E-state index contributed by atoms with van der Waals surface area (Å²) in [6, 6.07) is 2.42. The Labute approximate surface area is 148 Å². The van der Waals surface area contributed by atoms with Crippen LogP contribution in [0, 0.1) is 19.8 Å². The summed E-state index contributed by atoms with van der Waals surface area (Å²) < 4.78 is 1.84. The van der Waals surface area contributed by atoms with Gasteiger partial charge in [0.15, 0.2) is 5.82 Å². The average molecular weight is 341 g/mol. The van der Waals surface area contributed by atoms with Gasteiger partial charge in [0.05, 0.1) is 24.2 Å². The fourth-order valence-corrected chi connectivity index (χ4v) is 4.52. The van der Waals surface area contributed by atoms with E-state index in [-0.39, 0.29) is 6.10 Å². The minimum absolute atomic E-state index is 0.272. The molecule has 1 saturated heterocycles. The molecule has 1 N–H and O–H groups in total. The first-order valence-electron chi connectivity index (χ1n) is 9.42. The maximum atomic E-state index is 10.3. The number of hydrogen-bond donors (Lipinski definition) is 1. The predicted octanol–water partition coefficient (Wildman–Crippen LogP) is 2.80. The number of rotatable bonds is 3. The van der Waals surface area contributed by atoms with Gasteiger partial charge in [-0.25, -0.2) is 9.67 Å². The van der Waals surface area contributed by atoms with Gasteiger partial charge in [0.1, 0.15) is 5.82 Å². The molecule has 6 nitrogen and oxygen atoms in total. The molecule has 1 aliphatic carbocycles. The Morgan fingerprint density at radius 2 is 1.84 bits per heavy atom. The molecular formula is C19H27N5O. The Kier molecular flexibility index (Phi) is 4.46. The lowest BCUT2D eigenvalue weighted by Gasteiger charge is -2.34. The number of anilines is 1. The Hall–Kier alpha value is -1.95. The van der Waals surface area contributed by atoms with Gasteiger partial charge in [-0.3, -0.25) is 4.98 Å². The third kappa shape index (κ3) is 3.27. The molecule has 0 aromatic carbocycles. The van der Waals surface area contributed by atoms with Crippen LogP contribution in [0.15, 0.2) is 18.5 Å². The number of β-amino-alcohol motifs (C(OH)–C–C–N with tert-alkyl or cyclic N) is 1. The predicted molar refractivity (Wildman–Crippen MR) is 97.0 cm³/mol. The second kappa shape index (κ2) is 6.75. The molecule has 6 heteroatoms. The number of aryl methyl sites for hydroxylation is 2. The van der Waals surface area contributed by atoms with Gasteiger partial charge < -0.3 is 10.0 Å². The van der Waals surface area contributed by atoms with Gasteiger partial charge >= 0.3 is 0 Å². The zero-order valence-corrected chi connectivity index (χ0v) is 15.1. The molecule has 0 amide bonds. The highest BCUT2D eigenvalue weighted by molar-refractivity contribution is 5.43. The first-order chi connectivity index (χ1) is 12.1. The molecule has 0 radical (unpaired) electrons. The molecular weight excluding hydrogens is 314 g/mol. The van der Waals surface area contributed by atoms with Crippen LogP contribution in [0.1, 0.15) is 49.9 Å². The summed E-state index contributed by atoms with van der Waals surface area (Å²) >= 11 is 0. The van der Waals surface area contributed by atoms with Gasteiger partial charge in [-0.1, -0.05) is 19.3 Å². The molecule has 3 heterocycles. The Bertz CT molecular complexity index is 737. The molecule has 2 fully saturated rings. The van der Waals surface area contributed by atoms with Crippen LogP contribution < -0.4 is 4.90 Å². The number of aliphatic hydroxyl groups is 1. The Morgan fingerprint density at radius 3 is 2.56 bits per heavy atom. The van der Waals surface area contributed by atoms with E-state index in [1.165, 1.54) is 32.1 Å². The third-order valence-electron chi connectivity index (χ3n) is 5.65. The third-order valence-corrected chi connectivity index (χ3v) is 5.65. The van der Waals surface area contributed by atoms with Crippen molar-refractivity contribution >= 4 is 5.82 Å². The minimum Gasteiger partial charge on any atom is -0.391 e. The highest BCUT2D eigenvalue weighted by Crippen LogP contribution is 2.36. The minimum atomic E-state index is -0.272. The Morgan fingerprint density at radius 1 is 1.08 bits per heavy atom. The highest BCUT2D eigenvalue weighted by atomic mass is 16.3. The van der Waals surface area contributed by atoms with E-state index in [2.05, 4.69) is 15.0 Å². The molecule has 4 rings (SSSR count). The molecule has 0 unspecified atom stereocenters. The van der Waals surface area contributed by atoms with Crippen LogP contribution in [-0.2, 0) is 0 Å². The van der Waals surface area contributed by atoms with Crippen LogP contribution in [0.2, 0.25) is 0 Å². The molecule has 2 aliphatic rings. The molecule has 25 heavy (non-hydrogen) atoms. The average Bonchev–Trinajstić information content (AvgIpc) is 3.18. The van der Waals surface area contributed by atoms with Crippen LogP contribution in [0.25, 0.3) is 5.82 Å². The fourth-order valence-electron chi connectivity index (χ4n) is 4.52. The van der Waals surface area contributed by atoms with E-state index in [9.17, 15) is 5.11 Å². The van der Waals surface area contributed by atoms with E-state index in [0.29, 0.717) is 18.5 Å². The van der Waals surface area contributed by atoms with Gasteiger partial charge in [0, 0.05) is 18.3 Å². The molecule has 0 spiro atoms. The maximum Gasteiger partial charge on any atom is 0.174 e. The Balaban J connectivity index is 1.63. The molecule has 1 aliphatic heterocycles. The van der Waals surface area contributed by atoms with Crippen molar-refractivity contribution < 1.29 is 5.11 Å². The van der Waals surface area contributed by atoms with Crippen LogP contribution in [0.4, 0.5) is 5.82 Å². The van der Waals surface area contributed by atoms with Crippen molar-refractivity contribution in [2.45, 2.75) is 64.5 Å². The topological polar surface area (TPSA) is 67.1 Å². The summed E-state index contributed by atoms with van der Waals surface area (Å²) in [6.07, 6.45) is 10.6. The number of aromatic nitrogens is 4. The quantitative estimate of drug-likeness (QED) is 0.930. The molecule has 2 aromatic rings. The molecule has 0 bridgehead atoms. The van der Waals surface area contributed by atoms with Crippen molar-refractivity contribution in [3.8, 4) is 5.82 Å². The van der Waals surface area contributed by atoms with E-state index >= 15 is 0 Å². The molecule has 134 valence electrons. The van der Waals surface area contributed by atoms with Gasteiger partial charge in [0.2, 0.25) is 0 Å². The van der Waals surface area contributed by atoms with E-state index < -0.39 is 0 Å². The van der Waals surface area contributed by atoms with Gasteiger partial charge in [-0.15, -0.1) is 0 Å². The van der Waals surface area contributed by atoms with Crippen molar-refractivity contribution in [2.75, 3.05) is 11.4 Å². The van der Waals surface area contributed by atoms with Gasteiger partial charge in [-0.2, -0.15) is 5.10 Å². The number of aliphatic hydroxyl groups excluding tert-OH is 1. The summed E-state index contributed by atoms with van der Waals surface area (Å²) in [5.41, 5.74) is 2.02. The van der Waals surface area contributed by atoms with E-state index in [0.717, 1.165) is 29.4 Å². The summed E-state index contributed by atoms with van der Waals surface area (Å²) in [7, 11) is 0. The maximum absolute atomic E-state index is 10.3. The van der Waals surface area contributed by atoms with Crippen LogP contribution in [0.5, 0.6) is 0 Å². The highest BCUT2D eigenvalue weighted by Gasteiger charge is 2.37. The molecule has 2 aromatic heterocycles.